The Bertz CT molecular complexity index is 233. The summed E-state index contributed by atoms with van der Waals surface area (Å²) in [5.41, 5.74) is 0. The van der Waals surface area contributed by atoms with Crippen LogP contribution >= 0.6 is 0 Å². The SMILES string of the molecule is CCCC1NC(C)N(CCCCCOC)C1=O. The lowest BCUT2D eigenvalue weighted by molar-refractivity contribution is -0.130. The predicted molar refractivity (Wildman–Crippen MR) is 68.7 cm³/mol. The van der Waals surface area contributed by atoms with Crippen molar-refractivity contribution >= 4 is 5.91 Å². The van der Waals surface area contributed by atoms with Crippen LogP contribution in [0.4, 0.5) is 0 Å². The van der Waals surface area contributed by atoms with Gasteiger partial charge in [0.25, 0.3) is 0 Å². The molecular weight excluding hydrogens is 216 g/mol. The van der Waals surface area contributed by atoms with Crippen LogP contribution in [-0.4, -0.2) is 43.3 Å². The number of ether oxygens (including phenoxy) is 1. The molecule has 100 valence electrons. The summed E-state index contributed by atoms with van der Waals surface area (Å²) < 4.78 is 5.01. The lowest BCUT2D eigenvalue weighted by atomic mass is 10.1. The van der Waals surface area contributed by atoms with Crippen molar-refractivity contribution in [1.29, 1.82) is 0 Å². The van der Waals surface area contributed by atoms with Crippen LogP contribution in [0.5, 0.6) is 0 Å². The zero-order chi connectivity index (χ0) is 12.7. The second kappa shape index (κ2) is 7.67. The summed E-state index contributed by atoms with van der Waals surface area (Å²) in [7, 11) is 1.73. The van der Waals surface area contributed by atoms with E-state index in [-0.39, 0.29) is 18.1 Å². The molecule has 1 aliphatic rings. The Balaban J connectivity index is 2.25. The van der Waals surface area contributed by atoms with Crippen LogP contribution in [0.15, 0.2) is 0 Å². The van der Waals surface area contributed by atoms with Crippen molar-refractivity contribution in [2.75, 3.05) is 20.3 Å². The highest BCUT2D eigenvalue weighted by Crippen LogP contribution is 2.15. The van der Waals surface area contributed by atoms with Crippen molar-refractivity contribution in [2.24, 2.45) is 0 Å². The highest BCUT2D eigenvalue weighted by atomic mass is 16.5. The van der Waals surface area contributed by atoms with Gasteiger partial charge in [0.2, 0.25) is 5.91 Å². The maximum absolute atomic E-state index is 12.1. The number of carbonyl (C=O) groups excluding carboxylic acids is 1. The van der Waals surface area contributed by atoms with E-state index in [9.17, 15) is 4.79 Å². The van der Waals surface area contributed by atoms with E-state index in [1.165, 1.54) is 0 Å². The zero-order valence-corrected chi connectivity index (χ0v) is 11.4. The normalized spacial score (nSPS) is 24.6. The highest BCUT2D eigenvalue weighted by Gasteiger charge is 2.34. The van der Waals surface area contributed by atoms with Crippen LogP contribution in [0.1, 0.15) is 46.0 Å². The molecule has 1 saturated heterocycles. The van der Waals surface area contributed by atoms with E-state index >= 15 is 0 Å². The van der Waals surface area contributed by atoms with Crippen LogP contribution in [0.2, 0.25) is 0 Å². The molecule has 1 rings (SSSR count). The van der Waals surface area contributed by atoms with E-state index in [0.717, 1.165) is 45.3 Å². The summed E-state index contributed by atoms with van der Waals surface area (Å²) in [5.74, 6) is 0.283. The van der Waals surface area contributed by atoms with Gasteiger partial charge in [0.1, 0.15) is 0 Å². The van der Waals surface area contributed by atoms with Crippen LogP contribution in [-0.2, 0) is 9.53 Å². The average molecular weight is 242 g/mol. The minimum Gasteiger partial charge on any atom is -0.385 e. The Kier molecular flexibility index (Phi) is 6.52. The summed E-state index contributed by atoms with van der Waals surface area (Å²) in [6.45, 7) is 5.88. The smallest absolute Gasteiger partial charge is 0.241 e. The second-order valence-electron chi connectivity index (χ2n) is 4.77. The van der Waals surface area contributed by atoms with Gasteiger partial charge in [-0.2, -0.15) is 0 Å². The number of hydrogen-bond donors (Lipinski definition) is 1. The van der Waals surface area contributed by atoms with E-state index in [2.05, 4.69) is 19.2 Å². The van der Waals surface area contributed by atoms with Crippen molar-refractivity contribution in [3.63, 3.8) is 0 Å². The van der Waals surface area contributed by atoms with Crippen LogP contribution in [0, 0.1) is 0 Å². The molecule has 4 heteroatoms. The predicted octanol–water partition coefficient (Wildman–Crippen LogP) is 1.75. The topological polar surface area (TPSA) is 41.6 Å². The Hall–Kier alpha value is -0.610. The Morgan fingerprint density at radius 2 is 2.12 bits per heavy atom. The largest absolute Gasteiger partial charge is 0.385 e. The average Bonchev–Trinajstić information content (AvgIpc) is 2.56. The molecule has 0 radical (unpaired) electrons. The molecule has 0 spiro atoms. The summed E-state index contributed by atoms with van der Waals surface area (Å²) in [6, 6.07) is 0.0500. The maximum atomic E-state index is 12.1. The van der Waals surface area contributed by atoms with Crippen LogP contribution < -0.4 is 5.32 Å². The molecule has 4 nitrogen and oxygen atoms in total. The standard InChI is InChI=1S/C13H26N2O2/c1-4-8-12-13(16)15(11(2)14-12)9-6-5-7-10-17-3/h11-12,14H,4-10H2,1-3H3. The van der Waals surface area contributed by atoms with Crippen LogP contribution in [0.3, 0.4) is 0 Å². The summed E-state index contributed by atoms with van der Waals surface area (Å²) in [6.07, 6.45) is 5.48. The van der Waals surface area contributed by atoms with Gasteiger partial charge in [-0.1, -0.05) is 13.3 Å². The van der Waals surface area contributed by atoms with Gasteiger partial charge in [-0.25, -0.2) is 0 Å². The fraction of sp³-hybridized carbons (Fsp3) is 0.923. The monoisotopic (exact) mass is 242 g/mol. The first kappa shape index (κ1) is 14.5. The first-order valence-electron chi connectivity index (χ1n) is 6.76. The molecule has 0 bridgehead atoms. The van der Waals surface area contributed by atoms with E-state index < -0.39 is 0 Å². The summed E-state index contributed by atoms with van der Waals surface area (Å²) >= 11 is 0. The number of carbonyl (C=O) groups is 1. The lowest BCUT2D eigenvalue weighted by Gasteiger charge is -2.20. The Morgan fingerprint density at radius 3 is 2.76 bits per heavy atom. The van der Waals surface area contributed by atoms with E-state index in [0.29, 0.717) is 0 Å². The molecule has 17 heavy (non-hydrogen) atoms. The molecule has 0 aliphatic carbocycles. The zero-order valence-electron chi connectivity index (χ0n) is 11.4. The number of rotatable bonds is 8. The van der Waals surface area contributed by atoms with E-state index in [4.69, 9.17) is 4.74 Å². The molecule has 1 N–H and O–H groups in total. The number of methoxy groups -OCH3 is 1. The van der Waals surface area contributed by atoms with Gasteiger partial charge in [-0.3, -0.25) is 10.1 Å². The van der Waals surface area contributed by atoms with Crippen LogP contribution in [0.25, 0.3) is 0 Å². The van der Waals surface area contributed by atoms with Crippen molar-refractivity contribution in [2.45, 2.75) is 58.2 Å². The molecule has 1 amide bonds. The molecular formula is C13H26N2O2. The number of hydrogen-bond acceptors (Lipinski definition) is 3. The first-order chi connectivity index (χ1) is 8.20. The van der Waals surface area contributed by atoms with Crippen molar-refractivity contribution in [3.05, 3.63) is 0 Å². The molecule has 2 atom stereocenters. The number of amides is 1. The summed E-state index contributed by atoms with van der Waals surface area (Å²) in [4.78, 5) is 14.0. The summed E-state index contributed by atoms with van der Waals surface area (Å²) in [5, 5.41) is 3.36. The maximum Gasteiger partial charge on any atom is 0.241 e. The van der Waals surface area contributed by atoms with Crippen molar-refractivity contribution in [3.8, 4) is 0 Å². The van der Waals surface area contributed by atoms with E-state index in [1.807, 2.05) is 4.90 Å². The highest BCUT2D eigenvalue weighted by molar-refractivity contribution is 5.84. The van der Waals surface area contributed by atoms with Gasteiger partial charge >= 0.3 is 0 Å². The van der Waals surface area contributed by atoms with Gasteiger partial charge in [0.05, 0.1) is 12.2 Å². The van der Waals surface area contributed by atoms with Gasteiger partial charge in [-0.05, 0) is 32.6 Å². The third-order valence-electron chi connectivity index (χ3n) is 3.32. The molecule has 0 saturated carbocycles. The molecule has 0 aromatic heterocycles. The number of nitrogens with zero attached hydrogens (tertiary/aromatic N) is 1. The van der Waals surface area contributed by atoms with Crippen molar-refractivity contribution in [1.82, 2.24) is 10.2 Å². The Morgan fingerprint density at radius 1 is 1.35 bits per heavy atom. The number of nitrogens with one attached hydrogen (secondary N) is 1. The molecule has 0 aromatic rings. The van der Waals surface area contributed by atoms with Gasteiger partial charge < -0.3 is 9.64 Å². The Labute approximate surface area is 105 Å². The quantitative estimate of drug-likeness (QED) is 0.659. The van der Waals surface area contributed by atoms with Crippen molar-refractivity contribution < 1.29 is 9.53 Å². The van der Waals surface area contributed by atoms with Gasteiger partial charge in [0, 0.05) is 20.3 Å². The minimum atomic E-state index is 0.0500. The fourth-order valence-electron chi connectivity index (χ4n) is 2.35. The third kappa shape index (κ3) is 4.28. The molecule has 1 fully saturated rings. The van der Waals surface area contributed by atoms with Gasteiger partial charge in [0.15, 0.2) is 0 Å². The fourth-order valence-corrected chi connectivity index (χ4v) is 2.35. The van der Waals surface area contributed by atoms with Gasteiger partial charge in [-0.15, -0.1) is 0 Å². The van der Waals surface area contributed by atoms with E-state index in [1.54, 1.807) is 7.11 Å². The first-order valence-corrected chi connectivity index (χ1v) is 6.76. The molecule has 1 aliphatic heterocycles. The number of unbranched alkanes of at least 4 members (excludes halogenated alkanes) is 2. The third-order valence-corrected chi connectivity index (χ3v) is 3.32. The molecule has 1 heterocycles. The minimum absolute atomic E-state index is 0.0500. The molecule has 0 aromatic carbocycles. The molecule has 2 unspecified atom stereocenters. The second-order valence-corrected chi connectivity index (χ2v) is 4.77. The lowest BCUT2D eigenvalue weighted by Crippen LogP contribution is -2.35.